The number of nitrogens with one attached hydrogen (secondary N) is 1. The van der Waals surface area contributed by atoms with Crippen LogP contribution in [-0.2, 0) is 17.6 Å². The maximum atomic E-state index is 14.1. The Morgan fingerprint density at radius 3 is 2.67 bits per heavy atom. The number of pyridine rings is 1. The van der Waals surface area contributed by atoms with Gasteiger partial charge in [-0.1, -0.05) is 18.2 Å². The summed E-state index contributed by atoms with van der Waals surface area (Å²) in [5.74, 6) is -0.564. The van der Waals surface area contributed by atoms with Crippen LogP contribution < -0.4 is 10.2 Å². The minimum absolute atomic E-state index is 0.0845. The zero-order valence-electron chi connectivity index (χ0n) is 21.3. The summed E-state index contributed by atoms with van der Waals surface area (Å²) in [4.78, 5) is 41.2. The van der Waals surface area contributed by atoms with Gasteiger partial charge in [0.05, 0.1) is 35.2 Å². The molecule has 0 fully saturated rings. The van der Waals surface area contributed by atoms with Gasteiger partial charge >= 0.3 is 0 Å². The minimum Gasteiger partial charge on any atom is -0.343 e. The number of rotatable bonds is 6. The van der Waals surface area contributed by atoms with Crippen LogP contribution in [0.1, 0.15) is 27.2 Å². The van der Waals surface area contributed by atoms with Crippen molar-refractivity contribution >= 4 is 29.1 Å². The van der Waals surface area contributed by atoms with E-state index in [0.717, 1.165) is 5.56 Å². The van der Waals surface area contributed by atoms with E-state index in [1.807, 2.05) is 6.07 Å². The molecule has 2 aromatic heterocycles. The largest absolute Gasteiger partial charge is 0.343 e. The normalized spacial score (nSPS) is 12.0. The minimum atomic E-state index is -0.428. The van der Waals surface area contributed by atoms with Gasteiger partial charge in [-0.2, -0.15) is 5.26 Å². The van der Waals surface area contributed by atoms with Crippen LogP contribution in [-0.4, -0.2) is 52.3 Å². The number of amides is 2. The highest BCUT2D eigenvalue weighted by atomic mass is 19.1. The molecule has 1 N–H and O–H groups in total. The van der Waals surface area contributed by atoms with E-state index in [4.69, 9.17) is 0 Å². The first kappa shape index (κ1) is 25.5. The lowest BCUT2D eigenvalue weighted by atomic mass is 10.0. The van der Waals surface area contributed by atoms with Gasteiger partial charge in [-0.3, -0.25) is 9.59 Å². The van der Waals surface area contributed by atoms with Gasteiger partial charge in [0.2, 0.25) is 11.9 Å². The van der Waals surface area contributed by atoms with E-state index < -0.39 is 5.82 Å². The van der Waals surface area contributed by atoms with Crippen LogP contribution >= 0.6 is 0 Å². The molecule has 2 aromatic carbocycles. The second-order valence-electron chi connectivity index (χ2n) is 9.23. The molecule has 0 unspecified atom stereocenters. The summed E-state index contributed by atoms with van der Waals surface area (Å²) in [6.07, 6.45) is 3.62. The number of carbonyl (C=O) groups is 2. The summed E-state index contributed by atoms with van der Waals surface area (Å²) in [6, 6.07) is 17.1. The number of anilines is 3. The van der Waals surface area contributed by atoms with Gasteiger partial charge in [0.25, 0.3) is 5.91 Å². The molecule has 4 aromatic rings. The van der Waals surface area contributed by atoms with E-state index in [1.165, 1.54) is 17.2 Å². The second kappa shape index (κ2) is 10.7. The number of nitriles is 1. The van der Waals surface area contributed by atoms with Crippen LogP contribution in [0.15, 0.2) is 67.0 Å². The molecule has 3 heterocycles. The summed E-state index contributed by atoms with van der Waals surface area (Å²) < 4.78 is 14.1. The van der Waals surface area contributed by atoms with Gasteiger partial charge in [0, 0.05) is 32.4 Å². The lowest BCUT2D eigenvalue weighted by molar-refractivity contribution is -0.117. The summed E-state index contributed by atoms with van der Waals surface area (Å²) in [6.45, 7) is 0.413. The fraction of sp³-hybridized carbons (Fsp3) is 0.172. The van der Waals surface area contributed by atoms with E-state index in [9.17, 15) is 19.2 Å². The Morgan fingerprint density at radius 1 is 1.13 bits per heavy atom. The molecule has 9 nitrogen and oxygen atoms in total. The number of halogens is 1. The number of fused-ring (bicyclic) bond motifs is 1. The zero-order chi connectivity index (χ0) is 27.5. The molecule has 0 bridgehead atoms. The number of aromatic nitrogens is 3. The van der Waals surface area contributed by atoms with E-state index in [-0.39, 0.29) is 18.2 Å². The Morgan fingerprint density at radius 2 is 1.95 bits per heavy atom. The number of benzene rings is 2. The maximum Gasteiger partial charge on any atom is 0.271 e. The summed E-state index contributed by atoms with van der Waals surface area (Å²) in [7, 11) is 3.32. The van der Waals surface area contributed by atoms with Gasteiger partial charge < -0.3 is 15.1 Å². The third-order valence-electron chi connectivity index (χ3n) is 6.38. The van der Waals surface area contributed by atoms with Gasteiger partial charge in [0.15, 0.2) is 0 Å². The van der Waals surface area contributed by atoms with Crippen LogP contribution in [0.3, 0.4) is 0 Å². The number of hydrogen-bond donors (Lipinski definition) is 1. The van der Waals surface area contributed by atoms with Crippen LogP contribution in [0, 0.1) is 17.1 Å². The van der Waals surface area contributed by atoms with E-state index in [0.29, 0.717) is 58.4 Å². The van der Waals surface area contributed by atoms with Crippen molar-refractivity contribution < 1.29 is 14.0 Å². The van der Waals surface area contributed by atoms with Crippen molar-refractivity contribution in [3.63, 3.8) is 0 Å². The van der Waals surface area contributed by atoms with Crippen molar-refractivity contribution in [1.82, 2.24) is 19.9 Å². The highest BCUT2D eigenvalue weighted by molar-refractivity contribution is 5.99. The Bertz CT molecular complexity index is 1610. The standard InChI is InChI=1S/C29H24FN7O2/c1-36(2)28(39)25-8-7-22(17-33-25)34-29-32-11-9-24(35-29)20-13-19-10-12-37(27(19)21(14-20)16-31)26(38)15-18-5-3-4-6-23(18)30/h3-9,11,13-14,17H,10,12,15H2,1-2H3,(H,32,34,35). The highest BCUT2D eigenvalue weighted by Crippen LogP contribution is 2.36. The molecule has 0 saturated heterocycles. The third-order valence-corrected chi connectivity index (χ3v) is 6.38. The van der Waals surface area contributed by atoms with E-state index in [1.54, 1.807) is 67.7 Å². The number of hydrogen-bond acceptors (Lipinski definition) is 7. The van der Waals surface area contributed by atoms with Crippen LogP contribution in [0.2, 0.25) is 0 Å². The first-order valence-corrected chi connectivity index (χ1v) is 12.2. The predicted octanol–water partition coefficient (Wildman–Crippen LogP) is 4.13. The molecular weight excluding hydrogens is 497 g/mol. The van der Waals surface area contributed by atoms with E-state index in [2.05, 4.69) is 26.3 Å². The molecular formula is C29H24FN7O2. The number of nitrogens with zero attached hydrogens (tertiary/aromatic N) is 6. The molecule has 0 saturated carbocycles. The van der Waals surface area contributed by atoms with Crippen LogP contribution in [0.5, 0.6) is 0 Å². The van der Waals surface area contributed by atoms with Gasteiger partial charge in [-0.25, -0.2) is 19.3 Å². The van der Waals surface area contributed by atoms with Crippen molar-refractivity contribution in [3.05, 3.63) is 95.2 Å². The van der Waals surface area contributed by atoms with Crippen molar-refractivity contribution in [1.29, 1.82) is 5.26 Å². The van der Waals surface area contributed by atoms with Crippen LogP contribution in [0.25, 0.3) is 11.3 Å². The molecule has 1 aliphatic rings. The van der Waals surface area contributed by atoms with E-state index >= 15 is 0 Å². The maximum absolute atomic E-state index is 14.1. The fourth-order valence-electron chi connectivity index (χ4n) is 4.46. The molecule has 0 atom stereocenters. The smallest absolute Gasteiger partial charge is 0.271 e. The van der Waals surface area contributed by atoms with Crippen LogP contribution in [0.4, 0.5) is 21.7 Å². The SMILES string of the molecule is CN(C)C(=O)c1ccc(Nc2nccc(-c3cc(C#N)c4c(c3)CCN4C(=O)Cc3ccccc3F)n2)cn1. The summed E-state index contributed by atoms with van der Waals surface area (Å²) in [5, 5.41) is 13.0. The van der Waals surface area contributed by atoms with Gasteiger partial charge in [0.1, 0.15) is 17.6 Å². The lowest BCUT2D eigenvalue weighted by Gasteiger charge is -2.19. The Kier molecular flexibility index (Phi) is 6.97. The fourth-order valence-corrected chi connectivity index (χ4v) is 4.46. The Labute approximate surface area is 224 Å². The topological polar surface area (TPSA) is 115 Å². The summed E-state index contributed by atoms with van der Waals surface area (Å²) >= 11 is 0. The Balaban J connectivity index is 1.38. The predicted molar refractivity (Wildman–Crippen MR) is 144 cm³/mol. The number of carbonyl (C=O) groups excluding carboxylic acids is 2. The molecule has 5 rings (SSSR count). The van der Waals surface area contributed by atoms with Crippen molar-refractivity contribution in [3.8, 4) is 17.3 Å². The molecule has 2 amide bonds. The summed E-state index contributed by atoms with van der Waals surface area (Å²) in [5.41, 5.74) is 4.32. The first-order valence-electron chi connectivity index (χ1n) is 12.2. The first-order chi connectivity index (χ1) is 18.8. The monoisotopic (exact) mass is 521 g/mol. The average Bonchev–Trinajstić information content (AvgIpc) is 3.38. The van der Waals surface area contributed by atoms with Gasteiger partial charge in [-0.05, 0) is 53.9 Å². The third kappa shape index (κ3) is 5.29. The Hall–Kier alpha value is -5.17. The molecule has 0 spiro atoms. The lowest BCUT2D eigenvalue weighted by Crippen LogP contribution is -2.31. The molecule has 39 heavy (non-hydrogen) atoms. The van der Waals surface area contributed by atoms with Gasteiger partial charge in [-0.15, -0.1) is 0 Å². The highest BCUT2D eigenvalue weighted by Gasteiger charge is 2.29. The molecule has 1 aliphatic heterocycles. The molecule has 10 heteroatoms. The van der Waals surface area contributed by atoms with Crippen molar-refractivity contribution in [2.45, 2.75) is 12.8 Å². The average molecular weight is 522 g/mol. The zero-order valence-corrected chi connectivity index (χ0v) is 21.3. The van der Waals surface area contributed by atoms with Crippen molar-refractivity contribution in [2.24, 2.45) is 0 Å². The molecule has 194 valence electrons. The molecule has 0 aliphatic carbocycles. The molecule has 0 radical (unpaired) electrons. The second-order valence-corrected chi connectivity index (χ2v) is 9.23. The quantitative estimate of drug-likeness (QED) is 0.406. The van der Waals surface area contributed by atoms with Crippen molar-refractivity contribution in [2.75, 3.05) is 30.9 Å².